The van der Waals surface area contributed by atoms with Crippen molar-refractivity contribution in [2.24, 2.45) is 0 Å². The molecule has 0 atom stereocenters. The van der Waals surface area contributed by atoms with Crippen LogP contribution in [0.15, 0.2) is 364 Å². The molecule has 0 aliphatic heterocycles. The Hall–Kier alpha value is -16.8. The third-order valence-corrected chi connectivity index (χ3v) is 33.1. The van der Waals surface area contributed by atoms with Crippen LogP contribution in [0.3, 0.4) is 0 Å². The van der Waals surface area contributed by atoms with Crippen molar-refractivity contribution in [1.82, 2.24) is 0 Å². The van der Waals surface area contributed by atoms with Crippen LogP contribution in [-0.4, -0.2) is 0 Å². The number of aryl methyl sites for hydroxylation is 18. The Balaban J connectivity index is 0.000000127. The van der Waals surface area contributed by atoms with Gasteiger partial charge in [-0.05, 0) is 523 Å². The second-order valence-electron chi connectivity index (χ2n) is 42.9. The van der Waals surface area contributed by atoms with E-state index in [0.29, 0.717) is 0 Å². The maximum absolute atomic E-state index is 2.49. The topological polar surface area (TPSA) is 19.4 Å². The van der Waals surface area contributed by atoms with Crippen molar-refractivity contribution in [3.8, 4) is 0 Å². The zero-order valence-electron chi connectivity index (χ0n) is 91.3. The summed E-state index contributed by atoms with van der Waals surface area (Å²) >= 11 is 0. The van der Waals surface area contributed by atoms with Crippen LogP contribution in [0.4, 0.5) is 102 Å². The molecular weight excluding hydrogens is 1810 g/mol. The molecule has 6 nitrogen and oxygen atoms in total. The summed E-state index contributed by atoms with van der Waals surface area (Å²) < 4.78 is 0. The first kappa shape index (κ1) is 97.9. The number of benzene rings is 24. The molecule has 24 rings (SSSR count). The zero-order chi connectivity index (χ0) is 105. The van der Waals surface area contributed by atoms with Gasteiger partial charge in [0.1, 0.15) is 0 Å². The Bertz CT molecular complexity index is 8630. The normalized spacial score (nSPS) is 11.6. The van der Waals surface area contributed by atoms with Crippen LogP contribution in [0, 0.1) is 166 Å². The van der Waals surface area contributed by atoms with Crippen LogP contribution < -0.4 is 29.4 Å². The van der Waals surface area contributed by atoms with Gasteiger partial charge >= 0.3 is 0 Å². The van der Waals surface area contributed by atoms with Gasteiger partial charge in [-0.2, -0.15) is 0 Å². The van der Waals surface area contributed by atoms with Crippen molar-refractivity contribution in [3.05, 3.63) is 498 Å². The molecule has 0 aliphatic carbocycles. The number of anilines is 18. The molecule has 0 saturated heterocycles. The summed E-state index contributed by atoms with van der Waals surface area (Å²) in [5.74, 6) is 0. The summed E-state index contributed by atoms with van der Waals surface area (Å²) in [5.41, 5.74) is 52.5. The number of rotatable bonds is 18. The Morgan fingerprint density at radius 1 is 0.113 bits per heavy atom. The van der Waals surface area contributed by atoms with E-state index in [9.17, 15) is 0 Å². The zero-order valence-corrected chi connectivity index (χ0v) is 91.3. The second kappa shape index (κ2) is 39.1. The van der Waals surface area contributed by atoms with Crippen LogP contribution in [-0.2, 0) is 0 Å². The first-order valence-corrected chi connectivity index (χ1v) is 53.1. The summed E-state index contributed by atoms with van der Waals surface area (Å²) in [6.45, 7) is 53.2. The van der Waals surface area contributed by atoms with Gasteiger partial charge in [0.15, 0.2) is 0 Å². The molecule has 0 N–H and O–H groups in total. The van der Waals surface area contributed by atoms with Gasteiger partial charge in [0.25, 0.3) is 0 Å². The minimum absolute atomic E-state index is 1.15. The predicted molar refractivity (Wildman–Crippen MR) is 652 cm³/mol. The fraction of sp³-hybridized carbons (Fsp3) is 0.167. The summed E-state index contributed by atoms with van der Waals surface area (Å²) in [6, 6.07) is 137. The van der Waals surface area contributed by atoms with Crippen LogP contribution >= 0.6 is 0 Å². The lowest BCUT2D eigenvalue weighted by Crippen LogP contribution is -2.13. The number of hydrogen-bond acceptors (Lipinski definition) is 6. The fourth-order valence-electron chi connectivity index (χ4n) is 23.3. The summed E-state index contributed by atoms with van der Waals surface area (Å²) in [5, 5.41) is 22.8. The minimum atomic E-state index is 1.15. The number of nitrogens with zero attached hydrogens (tertiary/aromatic N) is 6. The molecule has 0 unspecified atom stereocenters. The van der Waals surface area contributed by atoms with E-state index in [0.717, 1.165) is 22.7 Å². The number of para-hydroxylation sites is 2. The van der Waals surface area contributed by atoms with Gasteiger partial charge in [0.2, 0.25) is 0 Å². The molecule has 0 aromatic heterocycles. The summed E-state index contributed by atoms with van der Waals surface area (Å²) in [4.78, 5) is 14.7. The smallest absolute Gasteiger partial charge is 0.0540 e. The van der Waals surface area contributed by atoms with E-state index in [1.54, 1.807) is 0 Å². The maximum atomic E-state index is 2.49. The minimum Gasteiger partial charge on any atom is -0.310 e. The van der Waals surface area contributed by atoms with Crippen molar-refractivity contribution in [1.29, 1.82) is 0 Å². The van der Waals surface area contributed by atoms with Gasteiger partial charge in [-0.15, -0.1) is 0 Å². The highest BCUT2D eigenvalue weighted by Crippen LogP contribution is 2.55. The molecule has 0 saturated carbocycles. The van der Waals surface area contributed by atoms with Crippen molar-refractivity contribution >= 4 is 199 Å². The molecule has 0 radical (unpaired) electrons. The van der Waals surface area contributed by atoms with Gasteiger partial charge in [0, 0.05) is 101 Å². The van der Waals surface area contributed by atoms with E-state index in [1.807, 2.05) is 0 Å². The van der Waals surface area contributed by atoms with E-state index in [2.05, 4.69) is 560 Å². The molecule has 0 bridgehead atoms. The van der Waals surface area contributed by atoms with Gasteiger partial charge in [-0.3, -0.25) is 0 Å². The molecule has 24 aromatic carbocycles. The van der Waals surface area contributed by atoms with E-state index in [-0.39, 0.29) is 0 Å². The second-order valence-corrected chi connectivity index (χ2v) is 42.9. The lowest BCUT2D eigenvalue weighted by molar-refractivity contribution is 1.19. The van der Waals surface area contributed by atoms with Gasteiger partial charge in [0.05, 0.1) is 34.1 Å². The van der Waals surface area contributed by atoms with Crippen LogP contribution in [0.1, 0.15) is 134 Å². The first-order chi connectivity index (χ1) is 72.3. The Kier molecular flexibility index (Phi) is 25.5. The van der Waals surface area contributed by atoms with E-state index in [1.165, 1.54) is 310 Å². The van der Waals surface area contributed by atoms with Crippen molar-refractivity contribution in [2.75, 3.05) is 29.4 Å². The summed E-state index contributed by atoms with van der Waals surface area (Å²) in [6.07, 6.45) is 0. The third-order valence-electron chi connectivity index (χ3n) is 33.1. The van der Waals surface area contributed by atoms with E-state index in [4.69, 9.17) is 0 Å². The molecule has 0 aliphatic rings. The maximum Gasteiger partial charge on any atom is 0.0540 e. The highest BCUT2D eigenvalue weighted by Gasteiger charge is 2.31. The standard InChI is InChI=1S/C52H52N2.2C46H40N2/c1-29-21-43(22-30(2)37(29)9)53(44-23-31(3)38(10)32(4)24-44)49-19-15-41-14-18-48-50(20-16-42-13-17-47(49)51(41)52(42)48)54(45-25-33(5)39(11)34(6)26-45)46-27-35(7)40(12)36(8)28-46;1-29-9-19-37(20-10-29)47(43-27-31(3)7-13-33(43)5)41-25-17-35-16-24-40-42(26-18-36-15-23-39(41)45(35)46(36)40)48(38-21-11-30(2)12-22-38)44-28-32(4)8-14-34(44)6;1-29-25-39(26-30(2)33(29)5)47(37-13-9-7-10-14-37)43-23-19-35-18-22-42-44(24-20-36-17-21-41(43)45(35)46(36)42)48(38-15-11-8-12-16-38)40-27-31(3)34(6)32(4)28-40/h13-28H,1-12H3;2*7-28H,1-6H3. The Labute approximate surface area is 886 Å². The largest absolute Gasteiger partial charge is 0.310 e. The SMILES string of the molecule is Cc1cc(N(c2cc(C)c(C)c(C)c2)c2ccc3ccc4c(N(c5cc(C)c(C)c(C)c5)c5cc(C)c(C)c(C)c5)ccc5ccc2c3c54)cc(C)c1C.Cc1cc(N(c2ccccc2)c2ccc3ccc4c(N(c5ccccc5)c5cc(C)c(C)c(C)c5)ccc5ccc2c3c54)cc(C)c1C.Cc1ccc(N(c2cc(C)ccc2C)c2ccc3ccc4c(N(c5ccc(C)cc5)c5cc(C)ccc5C)ccc5ccc2c3c54)cc1. The molecule has 24 aromatic rings. The van der Waals surface area contributed by atoms with Gasteiger partial charge in [-0.25, -0.2) is 0 Å². The highest BCUT2D eigenvalue weighted by atomic mass is 15.2. The molecule has 0 fully saturated rings. The molecular formula is C144H132N6. The van der Waals surface area contributed by atoms with Crippen molar-refractivity contribution in [2.45, 2.75) is 166 Å². The lowest BCUT2D eigenvalue weighted by atomic mass is 9.91. The van der Waals surface area contributed by atoms with Gasteiger partial charge < -0.3 is 29.4 Å². The lowest BCUT2D eigenvalue weighted by Gasteiger charge is -2.31. The molecule has 6 heteroatoms. The van der Waals surface area contributed by atoms with Crippen LogP contribution in [0.5, 0.6) is 0 Å². The van der Waals surface area contributed by atoms with Crippen molar-refractivity contribution < 1.29 is 0 Å². The van der Waals surface area contributed by atoms with Crippen molar-refractivity contribution in [3.63, 3.8) is 0 Å². The molecule has 0 heterocycles. The average Bonchev–Trinajstić information content (AvgIpc) is 0.721. The van der Waals surface area contributed by atoms with Crippen LogP contribution in [0.2, 0.25) is 0 Å². The third kappa shape index (κ3) is 17.4. The highest BCUT2D eigenvalue weighted by molar-refractivity contribution is 6.31. The average molecular weight is 1950 g/mol. The van der Waals surface area contributed by atoms with Crippen LogP contribution in [0.25, 0.3) is 97.0 Å². The number of hydrogen-bond donors (Lipinski definition) is 0. The quantitative estimate of drug-likeness (QED) is 0.0792. The fourth-order valence-corrected chi connectivity index (χ4v) is 23.3. The summed E-state index contributed by atoms with van der Waals surface area (Å²) in [7, 11) is 0. The molecule has 150 heavy (non-hydrogen) atoms. The molecule has 738 valence electrons. The molecule has 0 spiro atoms. The van der Waals surface area contributed by atoms with E-state index >= 15 is 0 Å². The Morgan fingerprint density at radius 3 is 0.480 bits per heavy atom. The van der Waals surface area contributed by atoms with Gasteiger partial charge in [-0.1, -0.05) is 205 Å². The van der Waals surface area contributed by atoms with E-state index < -0.39 is 0 Å². The molecule has 0 amide bonds. The first-order valence-electron chi connectivity index (χ1n) is 53.1. The monoisotopic (exact) mass is 1950 g/mol. The Morgan fingerprint density at radius 2 is 0.280 bits per heavy atom. The predicted octanol–water partition coefficient (Wildman–Crippen LogP) is 42.0.